The van der Waals surface area contributed by atoms with E-state index in [1.807, 2.05) is 27.7 Å². The highest BCUT2D eigenvalue weighted by molar-refractivity contribution is 5.90. The van der Waals surface area contributed by atoms with Crippen LogP contribution in [0.5, 0.6) is 0 Å². The highest BCUT2D eigenvalue weighted by atomic mass is 16.4. The van der Waals surface area contributed by atoms with Crippen molar-refractivity contribution in [3.05, 3.63) is 11.6 Å². The summed E-state index contributed by atoms with van der Waals surface area (Å²) in [6.07, 6.45) is 3.40. The lowest BCUT2D eigenvalue weighted by Gasteiger charge is -2.41. The number of carbonyl (C=O) groups excluding carboxylic acids is 2. The van der Waals surface area contributed by atoms with Gasteiger partial charge in [-0.15, -0.1) is 0 Å². The van der Waals surface area contributed by atoms with Gasteiger partial charge in [-0.2, -0.15) is 0 Å². The maximum Gasteiger partial charge on any atom is 0.331 e. The van der Waals surface area contributed by atoms with Gasteiger partial charge < -0.3 is 15.3 Å². The lowest BCUT2D eigenvalue weighted by atomic mass is 9.91. The van der Waals surface area contributed by atoms with Crippen LogP contribution in [0.1, 0.15) is 68.2 Å². The number of carboxylic acids is 1. The lowest BCUT2D eigenvalue weighted by molar-refractivity contribution is -0.140. The highest BCUT2D eigenvalue weighted by Gasteiger charge is 2.37. The quantitative estimate of drug-likeness (QED) is 0.541. The fraction of sp³-hybridized carbons (Fsp3) is 0.792. The van der Waals surface area contributed by atoms with E-state index in [4.69, 9.17) is 0 Å². The van der Waals surface area contributed by atoms with Gasteiger partial charge in [0.2, 0.25) is 11.8 Å². The van der Waals surface area contributed by atoms with Crippen LogP contribution in [0.25, 0.3) is 0 Å². The van der Waals surface area contributed by atoms with Crippen molar-refractivity contribution in [1.82, 2.24) is 15.1 Å². The molecule has 31 heavy (non-hydrogen) atoms. The summed E-state index contributed by atoms with van der Waals surface area (Å²) in [6.45, 7) is 16.6. The van der Waals surface area contributed by atoms with E-state index in [9.17, 15) is 19.5 Å². The summed E-state index contributed by atoms with van der Waals surface area (Å²) in [5.74, 6) is -0.804. The third kappa shape index (κ3) is 7.34. The fourth-order valence-electron chi connectivity index (χ4n) is 4.25. The fourth-order valence-corrected chi connectivity index (χ4v) is 4.25. The molecule has 178 valence electrons. The Morgan fingerprint density at radius 3 is 2.10 bits per heavy atom. The third-order valence-electron chi connectivity index (χ3n) is 6.29. The van der Waals surface area contributed by atoms with Crippen LogP contribution >= 0.6 is 0 Å². The maximum absolute atomic E-state index is 13.4. The zero-order valence-corrected chi connectivity index (χ0v) is 20.8. The van der Waals surface area contributed by atoms with Crippen molar-refractivity contribution in [3.8, 4) is 0 Å². The van der Waals surface area contributed by atoms with Crippen LogP contribution in [0.4, 0.5) is 0 Å². The number of carboxylic acid groups (broad SMARTS) is 1. The second-order valence-corrected chi connectivity index (χ2v) is 10.1. The number of nitrogens with zero attached hydrogens (tertiary/aromatic N) is 2. The minimum absolute atomic E-state index is 0.0306. The van der Waals surface area contributed by atoms with Crippen LogP contribution in [0.15, 0.2) is 11.6 Å². The zero-order chi connectivity index (χ0) is 24.0. The molecule has 1 saturated heterocycles. The number of nitrogens with one attached hydrogen (secondary N) is 1. The van der Waals surface area contributed by atoms with Crippen LogP contribution < -0.4 is 5.32 Å². The van der Waals surface area contributed by atoms with Crippen LogP contribution in [0.2, 0.25) is 0 Å². The molecule has 0 aromatic rings. The van der Waals surface area contributed by atoms with E-state index in [-0.39, 0.29) is 47.3 Å². The zero-order valence-electron chi connectivity index (χ0n) is 20.8. The topological polar surface area (TPSA) is 90.0 Å². The van der Waals surface area contributed by atoms with E-state index in [0.717, 1.165) is 19.4 Å². The van der Waals surface area contributed by atoms with E-state index >= 15 is 0 Å². The molecule has 4 atom stereocenters. The van der Waals surface area contributed by atoms with Crippen LogP contribution in [0, 0.1) is 17.8 Å². The molecule has 0 aromatic heterocycles. The first-order valence-corrected chi connectivity index (χ1v) is 11.5. The number of piperidine rings is 1. The van der Waals surface area contributed by atoms with E-state index in [0.29, 0.717) is 5.92 Å². The van der Waals surface area contributed by atoms with Crippen molar-refractivity contribution in [2.45, 2.75) is 92.4 Å². The monoisotopic (exact) mass is 437 g/mol. The van der Waals surface area contributed by atoms with Gasteiger partial charge in [0.15, 0.2) is 0 Å². The Morgan fingerprint density at radius 2 is 1.65 bits per heavy atom. The summed E-state index contributed by atoms with van der Waals surface area (Å²) in [4.78, 5) is 41.7. The Hall–Kier alpha value is -1.89. The molecule has 1 rings (SSSR count). The molecular formula is C24H43N3O4. The third-order valence-corrected chi connectivity index (χ3v) is 6.29. The summed E-state index contributed by atoms with van der Waals surface area (Å²) in [6, 6.07) is -1.01. The van der Waals surface area contributed by atoms with Crippen LogP contribution in [-0.4, -0.2) is 70.4 Å². The van der Waals surface area contributed by atoms with Gasteiger partial charge in [-0.25, -0.2) is 4.79 Å². The molecule has 0 aromatic carbocycles. The Morgan fingerprint density at radius 1 is 1.06 bits per heavy atom. The molecule has 1 aliphatic heterocycles. The number of aliphatic carboxylic acids is 1. The minimum atomic E-state index is -1.000. The van der Waals surface area contributed by atoms with Gasteiger partial charge in [0.1, 0.15) is 6.04 Å². The SMILES string of the molecule is CC(=C[C@H](C(C)C)N(C)C(=O)[C@@H](NC(=O)C1CC[C@H](C)CN1C(C)C)C(C)C)C(=O)O. The predicted molar refractivity (Wildman–Crippen MR) is 124 cm³/mol. The molecule has 1 fully saturated rings. The van der Waals surface area contributed by atoms with Gasteiger partial charge in [0, 0.05) is 25.2 Å². The van der Waals surface area contributed by atoms with Crippen molar-refractivity contribution in [2.75, 3.05) is 13.6 Å². The summed E-state index contributed by atoms with van der Waals surface area (Å²) in [5, 5.41) is 12.3. The number of carbonyl (C=O) groups is 3. The summed E-state index contributed by atoms with van der Waals surface area (Å²) < 4.78 is 0. The van der Waals surface area contributed by atoms with Crippen molar-refractivity contribution in [2.24, 2.45) is 17.8 Å². The Kier molecular flexibility index (Phi) is 10.2. The molecule has 0 radical (unpaired) electrons. The van der Waals surface area contributed by atoms with Gasteiger partial charge in [-0.05, 0) is 51.4 Å². The van der Waals surface area contributed by atoms with Gasteiger partial charge in [0.05, 0.1) is 12.1 Å². The van der Waals surface area contributed by atoms with Crippen LogP contribution in [0.3, 0.4) is 0 Å². The first kappa shape index (κ1) is 27.1. The van der Waals surface area contributed by atoms with Crippen molar-refractivity contribution >= 4 is 17.8 Å². The van der Waals surface area contributed by atoms with E-state index in [2.05, 4.69) is 31.0 Å². The second-order valence-electron chi connectivity index (χ2n) is 10.1. The van der Waals surface area contributed by atoms with Gasteiger partial charge in [-0.1, -0.05) is 40.7 Å². The molecule has 1 unspecified atom stereocenters. The number of likely N-dealkylation sites (tertiary alicyclic amines) is 1. The van der Waals surface area contributed by atoms with Gasteiger partial charge >= 0.3 is 5.97 Å². The Labute approximate surface area is 188 Å². The largest absolute Gasteiger partial charge is 0.478 e. The molecule has 0 spiro atoms. The van der Waals surface area contributed by atoms with Crippen LogP contribution in [-0.2, 0) is 14.4 Å². The molecule has 0 saturated carbocycles. The average molecular weight is 438 g/mol. The number of hydrogen-bond donors (Lipinski definition) is 2. The molecule has 1 heterocycles. The first-order valence-electron chi connectivity index (χ1n) is 11.5. The van der Waals surface area contributed by atoms with Crippen molar-refractivity contribution in [1.29, 1.82) is 0 Å². The number of rotatable bonds is 9. The molecule has 2 N–H and O–H groups in total. The van der Waals surface area contributed by atoms with Gasteiger partial charge in [0.25, 0.3) is 0 Å². The minimum Gasteiger partial charge on any atom is -0.478 e. The van der Waals surface area contributed by atoms with Crippen molar-refractivity contribution < 1.29 is 19.5 Å². The van der Waals surface area contributed by atoms with E-state index < -0.39 is 12.0 Å². The molecule has 7 nitrogen and oxygen atoms in total. The number of likely N-dealkylation sites (N-methyl/N-ethyl adjacent to an activating group) is 1. The normalized spacial score (nSPS) is 22.5. The molecular weight excluding hydrogens is 394 g/mol. The summed E-state index contributed by atoms with van der Waals surface area (Å²) in [5.41, 5.74) is 0.201. The summed E-state index contributed by atoms with van der Waals surface area (Å²) in [7, 11) is 1.68. The molecule has 7 heteroatoms. The first-order chi connectivity index (χ1) is 14.3. The van der Waals surface area contributed by atoms with Crippen molar-refractivity contribution in [3.63, 3.8) is 0 Å². The number of hydrogen-bond acceptors (Lipinski definition) is 4. The standard InChI is InChI=1S/C24H43N3O4/c1-14(2)20(12-18(8)24(30)31)26(9)23(29)21(15(3)4)25-22(28)19-11-10-17(7)13-27(19)16(5)6/h12,14-17,19-21H,10-11,13H2,1-9H3,(H,25,28)(H,30,31)/t17-,19?,20+,21-/m0/s1. The molecule has 2 amide bonds. The van der Waals surface area contributed by atoms with E-state index in [1.165, 1.54) is 6.92 Å². The maximum atomic E-state index is 13.4. The lowest BCUT2D eigenvalue weighted by Crippen LogP contribution is -2.59. The highest BCUT2D eigenvalue weighted by Crippen LogP contribution is 2.24. The van der Waals surface area contributed by atoms with Gasteiger partial charge in [-0.3, -0.25) is 14.5 Å². The molecule has 1 aliphatic rings. The second kappa shape index (κ2) is 11.7. The molecule has 0 aliphatic carbocycles. The number of amides is 2. The Bertz CT molecular complexity index is 672. The molecule has 0 bridgehead atoms. The average Bonchev–Trinajstić information content (AvgIpc) is 2.67. The van der Waals surface area contributed by atoms with E-state index in [1.54, 1.807) is 18.0 Å². The summed E-state index contributed by atoms with van der Waals surface area (Å²) >= 11 is 0. The smallest absolute Gasteiger partial charge is 0.331 e. The predicted octanol–water partition coefficient (Wildman–Crippen LogP) is 3.15. The Balaban J connectivity index is 3.06.